The van der Waals surface area contributed by atoms with Crippen LogP contribution in [0, 0.1) is 0 Å². The molecule has 4 nitrogen and oxygen atoms in total. The lowest BCUT2D eigenvalue weighted by molar-refractivity contribution is 0.152. The molecule has 0 aromatic carbocycles. The van der Waals surface area contributed by atoms with Crippen molar-refractivity contribution in [1.82, 2.24) is 10.2 Å². The number of carbonyl (C=O) groups is 1. The Kier molecular flexibility index (Phi) is 3.46. The van der Waals surface area contributed by atoms with Crippen molar-refractivity contribution in [3.8, 4) is 0 Å². The quantitative estimate of drug-likeness (QED) is 0.733. The molecule has 2 fully saturated rings. The van der Waals surface area contributed by atoms with Crippen LogP contribution in [-0.4, -0.2) is 41.3 Å². The first-order valence-electron chi connectivity index (χ1n) is 5.99. The lowest BCUT2D eigenvalue weighted by Gasteiger charge is -2.28. The summed E-state index contributed by atoms with van der Waals surface area (Å²) < 4.78 is 0. The van der Waals surface area contributed by atoms with Crippen molar-refractivity contribution in [3.63, 3.8) is 0 Å². The summed E-state index contributed by atoms with van der Waals surface area (Å²) in [6.45, 7) is 0.539. The van der Waals surface area contributed by atoms with E-state index in [1.807, 2.05) is 4.90 Å². The van der Waals surface area contributed by atoms with E-state index in [9.17, 15) is 4.79 Å². The molecule has 2 rings (SSSR count). The monoisotopic (exact) mass is 212 g/mol. The normalized spacial score (nSPS) is 21.7. The molecule has 0 aliphatic heterocycles. The van der Waals surface area contributed by atoms with Crippen molar-refractivity contribution in [1.29, 1.82) is 0 Å². The number of rotatable bonds is 4. The molecule has 0 aromatic heterocycles. The van der Waals surface area contributed by atoms with Crippen molar-refractivity contribution in [2.45, 2.75) is 50.6 Å². The van der Waals surface area contributed by atoms with E-state index < -0.39 is 0 Å². The second kappa shape index (κ2) is 4.84. The molecular weight excluding hydrogens is 192 g/mol. The first-order valence-corrected chi connectivity index (χ1v) is 5.99. The average Bonchev–Trinajstić information content (AvgIpc) is 2.87. The molecule has 2 saturated carbocycles. The molecule has 0 aromatic rings. The predicted molar refractivity (Wildman–Crippen MR) is 57.6 cm³/mol. The molecule has 2 amide bonds. The van der Waals surface area contributed by atoms with Gasteiger partial charge >= 0.3 is 6.03 Å². The van der Waals surface area contributed by atoms with Gasteiger partial charge in [0.15, 0.2) is 0 Å². The second-order valence-electron chi connectivity index (χ2n) is 4.58. The zero-order chi connectivity index (χ0) is 10.7. The third-order valence-corrected chi connectivity index (χ3v) is 3.27. The van der Waals surface area contributed by atoms with Gasteiger partial charge in [-0.1, -0.05) is 12.8 Å². The molecule has 86 valence electrons. The topological polar surface area (TPSA) is 52.6 Å². The highest BCUT2D eigenvalue weighted by Gasteiger charge is 2.30. The van der Waals surface area contributed by atoms with Crippen LogP contribution in [0.15, 0.2) is 0 Å². The molecule has 15 heavy (non-hydrogen) atoms. The van der Waals surface area contributed by atoms with E-state index in [-0.39, 0.29) is 12.6 Å². The van der Waals surface area contributed by atoms with Gasteiger partial charge in [-0.05, 0) is 25.7 Å². The van der Waals surface area contributed by atoms with Crippen molar-refractivity contribution in [2.75, 3.05) is 13.2 Å². The molecule has 0 radical (unpaired) electrons. The standard InChI is InChI=1S/C11H20N2O2/c14-8-7-13(10-3-1-2-4-10)11(15)12-9-5-6-9/h9-10,14H,1-8H2,(H,12,15). The molecule has 2 N–H and O–H groups in total. The van der Waals surface area contributed by atoms with Crippen LogP contribution in [0.4, 0.5) is 4.79 Å². The Morgan fingerprint density at radius 3 is 2.47 bits per heavy atom. The average molecular weight is 212 g/mol. The molecule has 0 bridgehead atoms. The molecule has 0 saturated heterocycles. The fourth-order valence-electron chi connectivity index (χ4n) is 2.26. The fourth-order valence-corrected chi connectivity index (χ4v) is 2.26. The Hall–Kier alpha value is -0.770. The van der Waals surface area contributed by atoms with Gasteiger partial charge < -0.3 is 15.3 Å². The molecular formula is C11H20N2O2. The minimum absolute atomic E-state index is 0.0263. The van der Waals surface area contributed by atoms with Gasteiger partial charge in [-0.2, -0.15) is 0 Å². The van der Waals surface area contributed by atoms with E-state index in [4.69, 9.17) is 5.11 Å². The minimum atomic E-state index is 0.0263. The molecule has 0 unspecified atom stereocenters. The van der Waals surface area contributed by atoms with E-state index in [0.717, 1.165) is 25.7 Å². The summed E-state index contributed by atoms with van der Waals surface area (Å²) in [4.78, 5) is 13.7. The number of aliphatic hydroxyl groups excluding tert-OH is 1. The Bertz CT molecular complexity index is 223. The Morgan fingerprint density at radius 1 is 1.27 bits per heavy atom. The number of nitrogens with zero attached hydrogens (tertiary/aromatic N) is 1. The van der Waals surface area contributed by atoms with Gasteiger partial charge in [0, 0.05) is 18.6 Å². The Balaban J connectivity index is 1.87. The van der Waals surface area contributed by atoms with Gasteiger partial charge in [-0.15, -0.1) is 0 Å². The van der Waals surface area contributed by atoms with Gasteiger partial charge in [-0.25, -0.2) is 4.79 Å². The third kappa shape index (κ3) is 2.84. The summed E-state index contributed by atoms with van der Waals surface area (Å²) in [7, 11) is 0. The van der Waals surface area contributed by atoms with Crippen molar-refractivity contribution in [3.05, 3.63) is 0 Å². The van der Waals surface area contributed by atoms with Crippen LogP contribution in [0.25, 0.3) is 0 Å². The number of aliphatic hydroxyl groups is 1. The predicted octanol–water partition coefficient (Wildman–Crippen LogP) is 1.10. The van der Waals surface area contributed by atoms with Crippen LogP contribution in [0.5, 0.6) is 0 Å². The van der Waals surface area contributed by atoms with Gasteiger partial charge in [0.1, 0.15) is 0 Å². The lowest BCUT2D eigenvalue weighted by atomic mass is 10.2. The SMILES string of the molecule is O=C(NC1CC1)N(CCO)C1CCCC1. The Labute approximate surface area is 90.6 Å². The van der Waals surface area contributed by atoms with E-state index in [1.54, 1.807) is 0 Å². The first kappa shape index (κ1) is 10.7. The largest absolute Gasteiger partial charge is 0.395 e. The highest BCUT2D eigenvalue weighted by atomic mass is 16.3. The maximum atomic E-state index is 11.9. The summed E-state index contributed by atoms with van der Waals surface area (Å²) in [6.07, 6.45) is 6.84. The van der Waals surface area contributed by atoms with Gasteiger partial charge in [0.05, 0.1) is 6.61 Å². The van der Waals surface area contributed by atoms with E-state index >= 15 is 0 Å². The molecule has 0 atom stereocenters. The van der Waals surface area contributed by atoms with Crippen LogP contribution in [0.1, 0.15) is 38.5 Å². The summed E-state index contributed by atoms with van der Waals surface area (Å²) in [5.41, 5.74) is 0. The summed E-state index contributed by atoms with van der Waals surface area (Å²) in [5.74, 6) is 0. The summed E-state index contributed by atoms with van der Waals surface area (Å²) in [6, 6.07) is 0.787. The number of carbonyl (C=O) groups excluding carboxylic acids is 1. The first-order chi connectivity index (χ1) is 7.31. The van der Waals surface area contributed by atoms with Gasteiger partial charge in [-0.3, -0.25) is 0 Å². The number of nitrogens with one attached hydrogen (secondary N) is 1. The van der Waals surface area contributed by atoms with Crippen LogP contribution in [-0.2, 0) is 0 Å². The van der Waals surface area contributed by atoms with Crippen molar-refractivity contribution >= 4 is 6.03 Å². The van der Waals surface area contributed by atoms with E-state index in [2.05, 4.69) is 5.32 Å². The number of urea groups is 1. The fraction of sp³-hybridized carbons (Fsp3) is 0.909. The van der Waals surface area contributed by atoms with Gasteiger partial charge in [0.25, 0.3) is 0 Å². The zero-order valence-corrected chi connectivity index (χ0v) is 9.11. The van der Waals surface area contributed by atoms with Crippen molar-refractivity contribution in [2.24, 2.45) is 0 Å². The lowest BCUT2D eigenvalue weighted by Crippen LogP contribution is -2.47. The second-order valence-corrected chi connectivity index (χ2v) is 4.58. The molecule has 4 heteroatoms. The van der Waals surface area contributed by atoms with Crippen LogP contribution in [0.2, 0.25) is 0 Å². The van der Waals surface area contributed by atoms with Crippen LogP contribution >= 0.6 is 0 Å². The van der Waals surface area contributed by atoms with E-state index in [1.165, 1.54) is 12.8 Å². The maximum absolute atomic E-state index is 11.9. The maximum Gasteiger partial charge on any atom is 0.317 e. The minimum Gasteiger partial charge on any atom is -0.395 e. The molecule has 2 aliphatic carbocycles. The van der Waals surface area contributed by atoms with Gasteiger partial charge in [0.2, 0.25) is 0 Å². The zero-order valence-electron chi connectivity index (χ0n) is 9.11. The molecule has 0 heterocycles. The number of amides is 2. The third-order valence-electron chi connectivity index (χ3n) is 3.27. The highest BCUT2D eigenvalue weighted by Crippen LogP contribution is 2.24. The van der Waals surface area contributed by atoms with Crippen LogP contribution in [0.3, 0.4) is 0 Å². The number of hydrogen-bond acceptors (Lipinski definition) is 2. The van der Waals surface area contributed by atoms with Crippen molar-refractivity contribution < 1.29 is 9.90 Å². The molecule has 0 spiro atoms. The number of hydrogen-bond donors (Lipinski definition) is 2. The summed E-state index contributed by atoms with van der Waals surface area (Å²) in [5, 5.41) is 12.0. The summed E-state index contributed by atoms with van der Waals surface area (Å²) >= 11 is 0. The molecule has 2 aliphatic rings. The van der Waals surface area contributed by atoms with E-state index in [0.29, 0.717) is 18.6 Å². The highest BCUT2D eigenvalue weighted by molar-refractivity contribution is 5.75. The Morgan fingerprint density at radius 2 is 1.93 bits per heavy atom. The smallest absolute Gasteiger partial charge is 0.317 e. The van der Waals surface area contributed by atoms with Crippen LogP contribution < -0.4 is 5.32 Å².